The highest BCUT2D eigenvalue weighted by Gasteiger charge is 2.24. The Kier molecular flexibility index (Phi) is 5.60. The second-order valence-electron chi connectivity index (χ2n) is 4.97. The third-order valence-corrected chi connectivity index (χ3v) is 5.37. The molecule has 0 aromatic carbocycles. The van der Waals surface area contributed by atoms with Gasteiger partial charge in [0.15, 0.2) is 0 Å². The Balaban J connectivity index is 1.92. The Hall–Kier alpha value is -3.00. The molecule has 3 aromatic heterocycles. The van der Waals surface area contributed by atoms with Crippen LogP contribution in [0.25, 0.3) is 10.7 Å². The third-order valence-electron chi connectivity index (χ3n) is 3.25. The second kappa shape index (κ2) is 7.93. The summed E-state index contributed by atoms with van der Waals surface area (Å²) in [6.07, 6.45) is 2.85. The van der Waals surface area contributed by atoms with Crippen LogP contribution in [0.2, 0.25) is 0 Å². The van der Waals surface area contributed by atoms with Gasteiger partial charge in [0.2, 0.25) is 11.7 Å². The van der Waals surface area contributed by atoms with Gasteiger partial charge in [0.25, 0.3) is 21.8 Å². The molecule has 14 heteroatoms. The average Bonchev–Trinajstić information content (AvgIpc) is 3.33. The van der Waals surface area contributed by atoms with Gasteiger partial charge in [-0.05, 0) is 6.07 Å². The standard InChI is InChI=1S/C14H13F2N5O5S2/c1-24-10-9(26-13(15)16)11(25-2)20-14(19-10)21-28(22,23)7-5-8(18-6-7)12-17-3-4-27-12/h3-6,13,18H,1-2H3,(H,19,20,21). The molecule has 3 heterocycles. The van der Waals surface area contributed by atoms with Gasteiger partial charge in [-0.25, -0.2) is 18.1 Å². The van der Waals surface area contributed by atoms with Crippen LogP contribution in [0.1, 0.15) is 0 Å². The SMILES string of the molecule is COc1nc(NS(=O)(=O)c2c[nH]c(-c3nccs3)c2)nc(OC)c1OC(F)F. The smallest absolute Gasteiger partial charge is 0.387 e. The number of rotatable bonds is 8. The van der Waals surface area contributed by atoms with E-state index in [2.05, 4.69) is 29.4 Å². The van der Waals surface area contributed by atoms with Gasteiger partial charge in [-0.2, -0.15) is 18.7 Å². The fourth-order valence-corrected chi connectivity index (χ4v) is 3.67. The van der Waals surface area contributed by atoms with Crippen molar-refractivity contribution in [1.82, 2.24) is 19.9 Å². The van der Waals surface area contributed by atoms with Crippen molar-refractivity contribution in [3.8, 4) is 28.2 Å². The van der Waals surface area contributed by atoms with Gasteiger partial charge in [-0.15, -0.1) is 11.3 Å². The number of alkyl halides is 2. The normalized spacial score (nSPS) is 11.5. The van der Waals surface area contributed by atoms with Crippen molar-refractivity contribution in [2.75, 3.05) is 18.9 Å². The number of halogens is 2. The van der Waals surface area contributed by atoms with Crippen LogP contribution in [0.15, 0.2) is 28.7 Å². The number of hydrogen-bond acceptors (Lipinski definition) is 9. The first kappa shape index (κ1) is 19.8. The van der Waals surface area contributed by atoms with Gasteiger partial charge in [-0.1, -0.05) is 0 Å². The minimum atomic E-state index is -4.10. The zero-order valence-corrected chi connectivity index (χ0v) is 16.0. The molecular formula is C14H13F2N5O5S2. The number of nitrogens with zero attached hydrogens (tertiary/aromatic N) is 3. The average molecular weight is 433 g/mol. The number of methoxy groups -OCH3 is 2. The molecule has 2 N–H and O–H groups in total. The molecule has 10 nitrogen and oxygen atoms in total. The molecule has 0 amide bonds. The van der Waals surface area contributed by atoms with Crippen molar-refractivity contribution in [1.29, 1.82) is 0 Å². The van der Waals surface area contributed by atoms with E-state index in [1.807, 2.05) is 0 Å². The van der Waals surface area contributed by atoms with E-state index in [1.165, 1.54) is 23.6 Å². The number of sulfonamides is 1. The van der Waals surface area contributed by atoms with Gasteiger partial charge in [0.05, 0.1) is 19.9 Å². The molecule has 150 valence electrons. The quantitative estimate of drug-likeness (QED) is 0.554. The minimum absolute atomic E-state index is 0.104. The fourth-order valence-electron chi connectivity index (χ4n) is 2.11. The first-order valence-corrected chi connectivity index (χ1v) is 9.76. The van der Waals surface area contributed by atoms with E-state index in [0.717, 1.165) is 14.2 Å². The predicted molar refractivity (Wildman–Crippen MR) is 94.5 cm³/mol. The van der Waals surface area contributed by atoms with Gasteiger partial charge in [-0.3, -0.25) is 0 Å². The van der Waals surface area contributed by atoms with Crippen LogP contribution < -0.4 is 18.9 Å². The number of thiazole rings is 1. The lowest BCUT2D eigenvalue weighted by molar-refractivity contribution is -0.0533. The third kappa shape index (κ3) is 4.12. The monoisotopic (exact) mass is 433 g/mol. The van der Waals surface area contributed by atoms with E-state index in [0.29, 0.717) is 10.7 Å². The van der Waals surface area contributed by atoms with Gasteiger partial charge < -0.3 is 19.2 Å². The lowest BCUT2D eigenvalue weighted by Gasteiger charge is -2.13. The molecule has 0 radical (unpaired) electrons. The van der Waals surface area contributed by atoms with Crippen LogP contribution >= 0.6 is 11.3 Å². The first-order valence-electron chi connectivity index (χ1n) is 7.40. The first-order chi connectivity index (χ1) is 13.3. The number of aromatic amines is 1. The summed E-state index contributed by atoms with van der Waals surface area (Å²) >= 11 is 1.33. The molecule has 0 aliphatic heterocycles. The maximum absolute atomic E-state index is 12.6. The van der Waals surface area contributed by atoms with E-state index < -0.39 is 40.1 Å². The molecule has 28 heavy (non-hydrogen) atoms. The highest BCUT2D eigenvalue weighted by atomic mass is 32.2. The largest absolute Gasteiger partial charge is 0.478 e. The van der Waals surface area contributed by atoms with Gasteiger partial charge in [0, 0.05) is 17.8 Å². The Morgan fingerprint density at radius 3 is 2.43 bits per heavy atom. The molecule has 0 aliphatic rings. The number of nitrogens with one attached hydrogen (secondary N) is 2. The molecule has 3 aromatic rings. The topological polar surface area (TPSA) is 128 Å². The molecule has 0 saturated carbocycles. The van der Waals surface area contributed by atoms with Crippen molar-refractivity contribution in [2.45, 2.75) is 11.5 Å². The van der Waals surface area contributed by atoms with Crippen molar-refractivity contribution in [3.63, 3.8) is 0 Å². The number of aromatic nitrogens is 4. The zero-order valence-electron chi connectivity index (χ0n) is 14.3. The minimum Gasteiger partial charge on any atom is -0.478 e. The van der Waals surface area contributed by atoms with Crippen molar-refractivity contribution < 1.29 is 31.4 Å². The maximum Gasteiger partial charge on any atom is 0.387 e. The summed E-state index contributed by atoms with van der Waals surface area (Å²) in [5.41, 5.74) is 0.507. The summed E-state index contributed by atoms with van der Waals surface area (Å²) in [5, 5.41) is 2.35. The predicted octanol–water partition coefficient (Wildman–Crippen LogP) is 2.35. The van der Waals surface area contributed by atoms with E-state index in [1.54, 1.807) is 11.6 Å². The van der Waals surface area contributed by atoms with Crippen LogP contribution in [0.3, 0.4) is 0 Å². The lowest BCUT2D eigenvalue weighted by Crippen LogP contribution is -2.16. The second-order valence-corrected chi connectivity index (χ2v) is 7.54. The summed E-state index contributed by atoms with van der Waals surface area (Å²) in [6.45, 7) is -3.18. The fraction of sp³-hybridized carbons (Fsp3) is 0.214. The van der Waals surface area contributed by atoms with E-state index in [9.17, 15) is 17.2 Å². The molecule has 0 aliphatic carbocycles. The van der Waals surface area contributed by atoms with Crippen molar-refractivity contribution >= 4 is 27.3 Å². The van der Waals surface area contributed by atoms with Gasteiger partial charge >= 0.3 is 6.61 Å². The van der Waals surface area contributed by atoms with Crippen molar-refractivity contribution in [3.05, 3.63) is 23.8 Å². The maximum atomic E-state index is 12.6. The Bertz CT molecular complexity index is 1030. The Morgan fingerprint density at radius 2 is 1.89 bits per heavy atom. The Labute approximate surface area is 161 Å². The summed E-state index contributed by atoms with van der Waals surface area (Å²) in [7, 11) is -1.81. The zero-order chi connectivity index (χ0) is 20.3. The summed E-state index contributed by atoms with van der Waals surface area (Å²) in [5.74, 6) is -1.87. The van der Waals surface area contributed by atoms with Crippen LogP contribution in [0.5, 0.6) is 17.5 Å². The van der Waals surface area contributed by atoms with Crippen LogP contribution in [0.4, 0.5) is 14.7 Å². The molecule has 0 saturated heterocycles. The molecule has 0 bridgehead atoms. The summed E-state index contributed by atoms with van der Waals surface area (Å²) in [6, 6.07) is 1.38. The van der Waals surface area contributed by atoms with E-state index in [4.69, 9.17) is 9.47 Å². The highest BCUT2D eigenvalue weighted by molar-refractivity contribution is 7.92. The Morgan fingerprint density at radius 1 is 1.21 bits per heavy atom. The molecular weight excluding hydrogens is 420 g/mol. The van der Waals surface area contributed by atoms with Crippen molar-refractivity contribution in [2.24, 2.45) is 0 Å². The number of anilines is 1. The molecule has 0 spiro atoms. The van der Waals surface area contributed by atoms with Crippen LogP contribution in [-0.4, -0.2) is 49.2 Å². The van der Waals surface area contributed by atoms with Crippen LogP contribution in [-0.2, 0) is 10.0 Å². The van der Waals surface area contributed by atoms with Gasteiger partial charge in [0.1, 0.15) is 9.90 Å². The highest BCUT2D eigenvalue weighted by Crippen LogP contribution is 2.36. The summed E-state index contributed by atoms with van der Waals surface area (Å²) in [4.78, 5) is 14.3. The molecule has 0 unspecified atom stereocenters. The molecule has 0 fully saturated rings. The summed E-state index contributed by atoms with van der Waals surface area (Å²) < 4.78 is 66.4. The number of hydrogen-bond donors (Lipinski definition) is 2. The van der Waals surface area contributed by atoms with Crippen LogP contribution in [0, 0.1) is 0 Å². The molecule has 3 rings (SSSR count). The number of H-pyrrole nitrogens is 1. The van der Waals surface area contributed by atoms with E-state index >= 15 is 0 Å². The molecule has 0 atom stereocenters. The van der Waals surface area contributed by atoms with E-state index in [-0.39, 0.29) is 4.90 Å². The number of ether oxygens (including phenoxy) is 3. The lowest BCUT2D eigenvalue weighted by atomic mass is 10.4.